The molecule has 3 heteroatoms. The third kappa shape index (κ3) is 2.20. The second-order valence-corrected chi connectivity index (χ2v) is 11.1. The lowest BCUT2D eigenvalue weighted by atomic mass is 9.68. The molecule has 0 bridgehead atoms. The fourth-order valence-electron chi connectivity index (χ4n) is 9.53. The first-order valence-corrected chi connectivity index (χ1v) is 12.6. The second-order valence-electron chi connectivity index (χ2n) is 11.1. The van der Waals surface area contributed by atoms with Crippen molar-refractivity contribution < 1.29 is 4.74 Å². The summed E-state index contributed by atoms with van der Waals surface area (Å²) >= 11 is 0. The molecular formula is C24H38N2O. The third-order valence-corrected chi connectivity index (χ3v) is 10.2. The van der Waals surface area contributed by atoms with Crippen LogP contribution in [0.25, 0.3) is 0 Å². The molecule has 0 N–H and O–H groups in total. The topological polar surface area (TPSA) is 15.7 Å². The first-order valence-electron chi connectivity index (χ1n) is 12.6. The number of morpholine rings is 1. The Bertz CT molecular complexity index is 595. The van der Waals surface area contributed by atoms with E-state index in [0.29, 0.717) is 12.2 Å². The van der Waals surface area contributed by atoms with Gasteiger partial charge in [-0.25, -0.2) is 0 Å². The number of nitrogens with zero attached hydrogens (tertiary/aromatic N) is 2. The van der Waals surface area contributed by atoms with Gasteiger partial charge >= 0.3 is 0 Å². The molecule has 0 aromatic heterocycles. The van der Waals surface area contributed by atoms with E-state index in [9.17, 15) is 0 Å². The fraction of sp³-hybridized carbons (Fsp3) is 1.00. The average molecular weight is 371 g/mol. The summed E-state index contributed by atoms with van der Waals surface area (Å²) in [6.45, 7) is 0. The highest BCUT2D eigenvalue weighted by Crippen LogP contribution is 2.57. The van der Waals surface area contributed by atoms with Gasteiger partial charge in [0.2, 0.25) is 0 Å². The SMILES string of the molecule is C1CCC2C(C1)OC1CCC3C4CCCCC4N4C5CCCCC5N2C1C34. The minimum Gasteiger partial charge on any atom is -0.372 e. The smallest absolute Gasteiger partial charge is 0.0750 e. The highest BCUT2D eigenvalue weighted by molar-refractivity contribution is 5.19. The molecule has 0 spiro atoms. The van der Waals surface area contributed by atoms with E-state index in [0.717, 1.165) is 48.1 Å². The van der Waals surface area contributed by atoms with Crippen LogP contribution in [0, 0.1) is 11.8 Å². The van der Waals surface area contributed by atoms with Gasteiger partial charge < -0.3 is 4.74 Å². The molecular weight excluding hydrogens is 332 g/mol. The van der Waals surface area contributed by atoms with Gasteiger partial charge in [0.1, 0.15) is 0 Å². The molecule has 3 nitrogen and oxygen atoms in total. The Labute approximate surface area is 165 Å². The van der Waals surface area contributed by atoms with Crippen molar-refractivity contribution in [1.29, 1.82) is 0 Å². The van der Waals surface area contributed by atoms with Crippen molar-refractivity contribution in [2.45, 2.75) is 138 Å². The van der Waals surface area contributed by atoms with Gasteiger partial charge in [0.25, 0.3) is 0 Å². The first kappa shape index (κ1) is 16.7. The van der Waals surface area contributed by atoms with Gasteiger partial charge in [0.05, 0.1) is 18.2 Å². The summed E-state index contributed by atoms with van der Waals surface area (Å²) < 4.78 is 6.92. The predicted octanol–water partition coefficient (Wildman–Crippen LogP) is 4.34. The maximum Gasteiger partial charge on any atom is 0.0750 e. The van der Waals surface area contributed by atoms with E-state index < -0.39 is 0 Å². The van der Waals surface area contributed by atoms with Gasteiger partial charge in [-0.3, -0.25) is 9.80 Å². The van der Waals surface area contributed by atoms with Crippen LogP contribution in [-0.2, 0) is 4.74 Å². The lowest BCUT2D eigenvalue weighted by Gasteiger charge is -2.66. The van der Waals surface area contributed by atoms with Crippen LogP contribution in [0.3, 0.4) is 0 Å². The summed E-state index contributed by atoms with van der Waals surface area (Å²) in [5, 5.41) is 0. The molecule has 0 aromatic rings. The van der Waals surface area contributed by atoms with Crippen LogP contribution in [0.2, 0.25) is 0 Å². The fourth-order valence-corrected chi connectivity index (χ4v) is 9.53. The van der Waals surface area contributed by atoms with Crippen LogP contribution >= 0.6 is 0 Å². The molecule has 0 radical (unpaired) electrons. The summed E-state index contributed by atoms with van der Waals surface area (Å²) in [6.07, 6.45) is 21.5. The summed E-state index contributed by atoms with van der Waals surface area (Å²) in [7, 11) is 0. The summed E-state index contributed by atoms with van der Waals surface area (Å²) in [5.74, 6) is 2.02. The zero-order valence-electron chi connectivity index (χ0n) is 17.0. The van der Waals surface area contributed by atoms with Crippen molar-refractivity contribution >= 4 is 0 Å². The molecule has 3 heterocycles. The molecule has 7 rings (SSSR count). The molecule has 27 heavy (non-hydrogen) atoms. The molecule has 7 fully saturated rings. The largest absolute Gasteiger partial charge is 0.372 e. The minimum absolute atomic E-state index is 0.552. The van der Waals surface area contributed by atoms with Crippen LogP contribution in [0.1, 0.15) is 89.9 Å². The lowest BCUT2D eigenvalue weighted by Crippen LogP contribution is -2.78. The Morgan fingerprint density at radius 3 is 1.89 bits per heavy atom. The molecule has 0 aromatic carbocycles. The molecule has 10 atom stereocenters. The predicted molar refractivity (Wildman–Crippen MR) is 107 cm³/mol. The van der Waals surface area contributed by atoms with E-state index in [1.807, 2.05) is 0 Å². The van der Waals surface area contributed by atoms with Crippen molar-refractivity contribution in [3.8, 4) is 0 Å². The highest BCUT2D eigenvalue weighted by Gasteiger charge is 2.65. The van der Waals surface area contributed by atoms with Gasteiger partial charge in [-0.15, -0.1) is 0 Å². The van der Waals surface area contributed by atoms with E-state index in [1.165, 1.54) is 89.9 Å². The van der Waals surface area contributed by atoms with Crippen LogP contribution in [0.15, 0.2) is 0 Å². The zero-order chi connectivity index (χ0) is 17.5. The Balaban J connectivity index is 1.34. The lowest BCUT2D eigenvalue weighted by molar-refractivity contribution is -0.239. The maximum atomic E-state index is 6.92. The van der Waals surface area contributed by atoms with Crippen LogP contribution in [0.4, 0.5) is 0 Å². The molecule has 7 aliphatic rings. The normalized spacial score (nSPS) is 57.3. The summed E-state index contributed by atoms with van der Waals surface area (Å²) in [6, 6.07) is 5.03. The number of rotatable bonds is 0. The van der Waals surface area contributed by atoms with E-state index >= 15 is 0 Å². The molecule has 10 unspecified atom stereocenters. The second kappa shape index (κ2) is 6.19. The van der Waals surface area contributed by atoms with Crippen LogP contribution in [0.5, 0.6) is 0 Å². The van der Waals surface area contributed by atoms with Crippen LogP contribution in [-0.4, -0.2) is 58.3 Å². The molecule has 150 valence electrons. The van der Waals surface area contributed by atoms with E-state index in [2.05, 4.69) is 9.80 Å². The first-order chi connectivity index (χ1) is 13.4. The Morgan fingerprint density at radius 1 is 0.444 bits per heavy atom. The van der Waals surface area contributed by atoms with Crippen molar-refractivity contribution in [2.24, 2.45) is 11.8 Å². The van der Waals surface area contributed by atoms with Gasteiger partial charge in [0, 0.05) is 30.2 Å². The van der Waals surface area contributed by atoms with Crippen molar-refractivity contribution in [2.75, 3.05) is 0 Å². The molecule has 4 aliphatic carbocycles. The molecule has 4 saturated carbocycles. The standard InChI is InChI=1S/C24H38N2O/c1-2-8-17-15(7-1)16-13-14-22-24-23(16)25(17)18-9-3-4-10-19(18)26(24)20-11-5-6-12-21(20)27-22/h15-24H,1-14H2. The highest BCUT2D eigenvalue weighted by atomic mass is 16.5. The van der Waals surface area contributed by atoms with Gasteiger partial charge in [-0.05, 0) is 63.2 Å². The van der Waals surface area contributed by atoms with Gasteiger partial charge in [-0.1, -0.05) is 38.5 Å². The Hall–Kier alpha value is -0.120. The Kier molecular flexibility index (Phi) is 3.82. The number of fused-ring (bicyclic) bond motifs is 8. The number of hydrogen-bond acceptors (Lipinski definition) is 3. The van der Waals surface area contributed by atoms with Crippen molar-refractivity contribution in [3.05, 3.63) is 0 Å². The van der Waals surface area contributed by atoms with Crippen LogP contribution < -0.4 is 0 Å². The summed E-state index contributed by atoms with van der Waals surface area (Å²) in [4.78, 5) is 6.37. The number of piperazine rings is 1. The average Bonchev–Trinajstić information content (AvgIpc) is 3.07. The van der Waals surface area contributed by atoms with Gasteiger partial charge in [0.15, 0.2) is 0 Å². The number of hydrogen-bond donors (Lipinski definition) is 0. The Morgan fingerprint density at radius 2 is 1.07 bits per heavy atom. The number of ether oxygens (including phenoxy) is 1. The van der Waals surface area contributed by atoms with Crippen molar-refractivity contribution in [1.82, 2.24) is 9.80 Å². The van der Waals surface area contributed by atoms with Crippen molar-refractivity contribution in [3.63, 3.8) is 0 Å². The summed E-state index contributed by atoms with van der Waals surface area (Å²) in [5.41, 5.74) is 0. The van der Waals surface area contributed by atoms with Gasteiger partial charge in [-0.2, -0.15) is 0 Å². The monoisotopic (exact) mass is 370 g/mol. The molecule has 3 saturated heterocycles. The minimum atomic E-state index is 0.552. The zero-order valence-corrected chi connectivity index (χ0v) is 17.0. The van der Waals surface area contributed by atoms with E-state index in [1.54, 1.807) is 0 Å². The third-order valence-electron chi connectivity index (χ3n) is 10.2. The van der Waals surface area contributed by atoms with E-state index in [-0.39, 0.29) is 0 Å². The quantitative estimate of drug-likeness (QED) is 0.631. The maximum absolute atomic E-state index is 6.92. The molecule has 0 amide bonds. The van der Waals surface area contributed by atoms with E-state index in [4.69, 9.17) is 4.74 Å². The molecule has 3 aliphatic heterocycles.